The summed E-state index contributed by atoms with van der Waals surface area (Å²) in [5, 5.41) is 8.55. The summed E-state index contributed by atoms with van der Waals surface area (Å²) < 4.78 is 81.1. The topological polar surface area (TPSA) is 89.4 Å². The molecule has 240 valence electrons. The first-order valence-corrected chi connectivity index (χ1v) is 15.3. The van der Waals surface area contributed by atoms with Crippen molar-refractivity contribution in [2.75, 3.05) is 12.5 Å². The van der Waals surface area contributed by atoms with Crippen molar-refractivity contribution in [3.63, 3.8) is 0 Å². The predicted octanol–water partition coefficient (Wildman–Crippen LogP) is 9.89. The zero-order valence-electron chi connectivity index (χ0n) is 24.0. The Bertz CT molecular complexity index is 1600. The van der Waals surface area contributed by atoms with Crippen LogP contribution in [0.25, 0.3) is 0 Å². The molecule has 2 aromatic heterocycles. The lowest BCUT2D eigenvalue weighted by Gasteiger charge is -2.12. The molecule has 0 saturated carbocycles. The number of phenolic OH excluding ortho intramolecular Hbond substituents is 1. The number of carbonyl (C=O) groups is 2. The number of pyridine rings is 2. The average molecular weight is 691 g/mol. The molecule has 6 nitrogen and oxygen atoms in total. The number of hydrogen-bond donors (Lipinski definition) is 1. The van der Waals surface area contributed by atoms with Gasteiger partial charge in [-0.25, -0.2) is 9.97 Å². The summed E-state index contributed by atoms with van der Waals surface area (Å²) in [6, 6.07) is 18.5. The molecule has 0 bridgehead atoms. The summed E-state index contributed by atoms with van der Waals surface area (Å²) in [4.78, 5) is 30.8. The van der Waals surface area contributed by atoms with Crippen LogP contribution in [0.3, 0.4) is 0 Å². The van der Waals surface area contributed by atoms with Gasteiger partial charge in [-0.3, -0.25) is 9.59 Å². The molecule has 1 N–H and O–H groups in total. The third-order valence-electron chi connectivity index (χ3n) is 5.38. The highest BCUT2D eigenvalue weighted by Crippen LogP contribution is 2.34. The molecule has 15 heteroatoms. The summed E-state index contributed by atoms with van der Waals surface area (Å²) in [6.07, 6.45) is -5.46. The molecule has 0 saturated heterocycles. The highest BCUT2D eigenvalue weighted by atomic mass is 35.5. The van der Waals surface area contributed by atoms with E-state index in [0.717, 1.165) is 36.9 Å². The number of nitrogens with zero attached hydrogens (tertiary/aromatic N) is 2. The lowest BCUT2D eigenvalue weighted by atomic mass is 10.1. The molecule has 0 atom stereocenters. The normalized spacial score (nSPS) is 11.0. The fourth-order valence-corrected chi connectivity index (χ4v) is 4.24. The fourth-order valence-electron chi connectivity index (χ4n) is 3.28. The monoisotopic (exact) mass is 690 g/mol. The van der Waals surface area contributed by atoms with E-state index in [2.05, 4.69) is 9.97 Å². The molecule has 4 aromatic rings. The standard InChI is InChI=1S/C15H12F3NO2S.C8H5ClF3NO.C7H8OS/c1-9(20)12-7-8-13(19-14(12)15(16,17)18)21-10-3-5-11(22-2)6-4-10;1-4(14)5-2-3-6(9)13-7(5)8(10,11)12;1-9-7-4-2-6(8)3-5-7/h3-8H,1-2H3;2-3H,1H3;2-5,8H,1H3. The molecule has 0 aliphatic rings. The number of benzene rings is 2. The Hall–Kier alpha value is -3.75. The third-order valence-corrected chi connectivity index (χ3v) is 7.08. The van der Waals surface area contributed by atoms with Crippen molar-refractivity contribution < 1.29 is 45.8 Å². The SMILES string of the molecule is CC(=O)c1ccc(Cl)nc1C(F)(F)F.CSc1ccc(O)cc1.CSc1ccc(Oc2ccc(C(C)=O)c(C(F)(F)F)n2)cc1. The number of aromatic nitrogens is 2. The predicted molar refractivity (Wildman–Crippen MR) is 162 cm³/mol. The number of aromatic hydroxyl groups is 1. The van der Waals surface area contributed by atoms with Crippen molar-refractivity contribution in [1.82, 2.24) is 9.97 Å². The molecule has 0 fully saturated rings. The molecular formula is C30H25ClF6N2O4S2. The van der Waals surface area contributed by atoms with Gasteiger partial charge in [0.1, 0.15) is 16.7 Å². The van der Waals surface area contributed by atoms with Crippen molar-refractivity contribution in [2.24, 2.45) is 0 Å². The number of alkyl halides is 6. The second kappa shape index (κ2) is 16.5. The Morgan fingerprint density at radius 2 is 1.11 bits per heavy atom. The van der Waals surface area contributed by atoms with Crippen LogP contribution in [0.4, 0.5) is 26.3 Å². The average Bonchev–Trinajstić information content (AvgIpc) is 2.97. The van der Waals surface area contributed by atoms with Crippen LogP contribution in [-0.2, 0) is 12.4 Å². The number of phenols is 1. The molecular weight excluding hydrogens is 666 g/mol. The minimum absolute atomic E-state index is 0.214. The van der Waals surface area contributed by atoms with Gasteiger partial charge in [0.15, 0.2) is 23.0 Å². The van der Waals surface area contributed by atoms with E-state index < -0.39 is 46.4 Å². The minimum Gasteiger partial charge on any atom is -0.508 e. The van der Waals surface area contributed by atoms with Gasteiger partial charge in [0.25, 0.3) is 0 Å². The quantitative estimate of drug-likeness (QED) is 0.0926. The van der Waals surface area contributed by atoms with Gasteiger partial charge in [0.05, 0.1) is 0 Å². The molecule has 0 amide bonds. The summed E-state index contributed by atoms with van der Waals surface area (Å²) >= 11 is 8.51. The van der Waals surface area contributed by atoms with Crippen molar-refractivity contribution in [3.8, 4) is 17.4 Å². The molecule has 2 heterocycles. The number of rotatable bonds is 6. The Morgan fingerprint density at radius 1 is 0.689 bits per heavy atom. The van der Waals surface area contributed by atoms with Crippen LogP contribution in [0, 0.1) is 0 Å². The van der Waals surface area contributed by atoms with Crippen LogP contribution in [0.2, 0.25) is 5.15 Å². The van der Waals surface area contributed by atoms with Gasteiger partial charge in [-0.2, -0.15) is 26.3 Å². The number of Topliss-reactive ketones (excluding diaryl/α,β-unsaturated/α-hetero) is 2. The summed E-state index contributed by atoms with van der Waals surface area (Å²) in [6.45, 7) is 2.11. The Labute approximate surface area is 268 Å². The van der Waals surface area contributed by atoms with E-state index in [9.17, 15) is 35.9 Å². The van der Waals surface area contributed by atoms with Crippen LogP contribution in [0.15, 0.2) is 82.6 Å². The number of thioether (sulfide) groups is 2. The smallest absolute Gasteiger partial charge is 0.434 e. The minimum atomic E-state index is -4.72. The Balaban J connectivity index is 0.000000261. The zero-order valence-corrected chi connectivity index (χ0v) is 26.3. The first kappa shape index (κ1) is 37.4. The first-order chi connectivity index (χ1) is 21.0. The Morgan fingerprint density at radius 3 is 1.53 bits per heavy atom. The van der Waals surface area contributed by atoms with E-state index in [1.165, 1.54) is 22.7 Å². The van der Waals surface area contributed by atoms with E-state index in [1.54, 1.807) is 48.2 Å². The van der Waals surface area contributed by atoms with Crippen LogP contribution in [-0.4, -0.2) is 39.2 Å². The van der Waals surface area contributed by atoms with Crippen molar-refractivity contribution in [1.29, 1.82) is 0 Å². The molecule has 4 rings (SSSR count). The van der Waals surface area contributed by atoms with Gasteiger partial charge in [0.2, 0.25) is 5.88 Å². The summed E-state index contributed by atoms with van der Waals surface area (Å²) in [5.74, 6) is -0.909. The highest BCUT2D eigenvalue weighted by Gasteiger charge is 2.37. The van der Waals surface area contributed by atoms with E-state index >= 15 is 0 Å². The van der Waals surface area contributed by atoms with Gasteiger partial charge in [0, 0.05) is 27.0 Å². The number of carbonyl (C=O) groups excluding carboxylic acids is 2. The maximum atomic E-state index is 13.0. The van der Waals surface area contributed by atoms with Crippen LogP contribution in [0.5, 0.6) is 17.4 Å². The van der Waals surface area contributed by atoms with E-state index in [-0.39, 0.29) is 11.0 Å². The fraction of sp³-hybridized carbons (Fsp3) is 0.200. The summed E-state index contributed by atoms with van der Waals surface area (Å²) in [7, 11) is 0. The lowest BCUT2D eigenvalue weighted by molar-refractivity contribution is -0.142. The van der Waals surface area contributed by atoms with E-state index in [1.807, 2.05) is 24.6 Å². The van der Waals surface area contributed by atoms with Crippen molar-refractivity contribution in [3.05, 3.63) is 100 Å². The molecule has 0 aliphatic heterocycles. The highest BCUT2D eigenvalue weighted by molar-refractivity contribution is 7.98. The van der Waals surface area contributed by atoms with Gasteiger partial charge >= 0.3 is 12.4 Å². The van der Waals surface area contributed by atoms with E-state index in [4.69, 9.17) is 21.4 Å². The molecule has 0 radical (unpaired) electrons. The second-order valence-electron chi connectivity index (χ2n) is 8.66. The Kier molecular flexibility index (Phi) is 13.8. The number of ether oxygens (including phenoxy) is 1. The third kappa shape index (κ3) is 11.9. The maximum Gasteiger partial charge on any atom is 0.434 e. The number of ketones is 2. The van der Waals surface area contributed by atoms with Crippen molar-refractivity contribution in [2.45, 2.75) is 36.0 Å². The van der Waals surface area contributed by atoms with E-state index in [0.29, 0.717) is 11.5 Å². The van der Waals surface area contributed by atoms with Gasteiger partial charge in [-0.05, 0) is 93.1 Å². The number of hydrogen-bond acceptors (Lipinski definition) is 8. The van der Waals surface area contributed by atoms with Crippen LogP contribution in [0.1, 0.15) is 46.0 Å². The zero-order chi connectivity index (χ0) is 33.9. The molecule has 45 heavy (non-hydrogen) atoms. The van der Waals surface area contributed by atoms with Gasteiger partial charge in [-0.15, -0.1) is 23.5 Å². The van der Waals surface area contributed by atoms with Crippen LogP contribution >= 0.6 is 35.1 Å². The first-order valence-electron chi connectivity index (χ1n) is 12.4. The van der Waals surface area contributed by atoms with Crippen molar-refractivity contribution >= 4 is 46.7 Å². The molecule has 0 aliphatic carbocycles. The van der Waals surface area contributed by atoms with Gasteiger partial charge in [-0.1, -0.05) is 11.6 Å². The second-order valence-corrected chi connectivity index (χ2v) is 10.8. The molecule has 0 unspecified atom stereocenters. The summed E-state index contributed by atoms with van der Waals surface area (Å²) in [5.41, 5.74) is -3.42. The lowest BCUT2D eigenvalue weighted by Crippen LogP contribution is -2.14. The van der Waals surface area contributed by atoms with Gasteiger partial charge < -0.3 is 9.84 Å². The molecule has 2 aromatic carbocycles. The maximum absolute atomic E-state index is 13.0. The largest absolute Gasteiger partial charge is 0.508 e. The molecule has 0 spiro atoms. The van der Waals surface area contributed by atoms with Crippen LogP contribution < -0.4 is 4.74 Å². The number of halogens is 7.